The van der Waals surface area contributed by atoms with Gasteiger partial charge in [0.15, 0.2) is 17.5 Å². The van der Waals surface area contributed by atoms with Crippen molar-refractivity contribution in [3.8, 4) is 67.5 Å². The molecule has 0 spiro atoms. The summed E-state index contributed by atoms with van der Waals surface area (Å²) in [7, 11) is -1.47. The van der Waals surface area contributed by atoms with Gasteiger partial charge in [0.25, 0.3) is 0 Å². The summed E-state index contributed by atoms with van der Waals surface area (Å²) in [6.07, 6.45) is 0. The van der Waals surface area contributed by atoms with E-state index in [0.717, 1.165) is 27.6 Å². The highest BCUT2D eigenvalue weighted by atomic mass is 28.3. The summed E-state index contributed by atoms with van der Waals surface area (Å²) in [5.41, 5.74) is 13.0. The SMILES string of the molecule is CC1(C)c2ccccc2-c2ccc(-c3ccc(-c4nc(-c5ccc(-c6ccccc6)cc5)nc(-c5ccc([Si](C)(C)C)cc5)n4)c4ccccc34)cc21. The first kappa shape index (κ1) is 32.9. The largest absolute Gasteiger partial charge is 0.208 e. The molecule has 8 aromatic rings. The second-order valence-corrected chi connectivity index (χ2v) is 20.8. The van der Waals surface area contributed by atoms with Crippen molar-refractivity contribution in [1.29, 1.82) is 0 Å². The van der Waals surface area contributed by atoms with Crippen molar-refractivity contribution in [2.75, 3.05) is 0 Å². The van der Waals surface area contributed by atoms with Crippen LogP contribution in [0.1, 0.15) is 25.0 Å². The van der Waals surface area contributed by atoms with Gasteiger partial charge in [-0.2, -0.15) is 0 Å². The molecule has 1 aliphatic rings. The highest BCUT2D eigenvalue weighted by Gasteiger charge is 2.35. The monoisotopic (exact) mass is 699 g/mol. The van der Waals surface area contributed by atoms with E-state index in [-0.39, 0.29) is 5.41 Å². The molecule has 1 aromatic heterocycles. The van der Waals surface area contributed by atoms with Crippen molar-refractivity contribution in [2.24, 2.45) is 0 Å². The van der Waals surface area contributed by atoms with Gasteiger partial charge in [-0.1, -0.05) is 184 Å². The van der Waals surface area contributed by atoms with E-state index in [2.05, 4.69) is 185 Å². The number of hydrogen-bond acceptors (Lipinski definition) is 3. The van der Waals surface area contributed by atoms with Gasteiger partial charge in [0.2, 0.25) is 0 Å². The van der Waals surface area contributed by atoms with Crippen molar-refractivity contribution in [1.82, 2.24) is 15.0 Å². The van der Waals surface area contributed by atoms with Gasteiger partial charge in [0.05, 0.1) is 8.07 Å². The summed E-state index contributed by atoms with van der Waals surface area (Å²) >= 11 is 0. The van der Waals surface area contributed by atoms with Crippen LogP contribution in [0.3, 0.4) is 0 Å². The minimum Gasteiger partial charge on any atom is -0.208 e. The molecule has 1 heterocycles. The molecule has 7 aromatic carbocycles. The fourth-order valence-corrected chi connectivity index (χ4v) is 9.10. The predicted molar refractivity (Wildman–Crippen MR) is 225 cm³/mol. The third kappa shape index (κ3) is 5.80. The molecule has 0 bridgehead atoms. The van der Waals surface area contributed by atoms with E-state index in [4.69, 9.17) is 15.0 Å². The Labute approximate surface area is 313 Å². The smallest absolute Gasteiger partial charge is 0.164 e. The van der Waals surface area contributed by atoms with E-state index in [9.17, 15) is 0 Å². The van der Waals surface area contributed by atoms with Crippen LogP contribution in [0, 0.1) is 0 Å². The minimum atomic E-state index is -1.47. The van der Waals surface area contributed by atoms with Gasteiger partial charge >= 0.3 is 0 Å². The molecule has 3 nitrogen and oxygen atoms in total. The molecule has 0 amide bonds. The summed E-state index contributed by atoms with van der Waals surface area (Å²) < 4.78 is 0. The van der Waals surface area contributed by atoms with Gasteiger partial charge in [0, 0.05) is 22.1 Å². The second-order valence-electron chi connectivity index (χ2n) is 15.7. The zero-order chi connectivity index (χ0) is 36.3. The van der Waals surface area contributed by atoms with Crippen molar-refractivity contribution in [3.05, 3.63) is 169 Å². The molecular weight excluding hydrogens is 659 g/mol. The molecule has 4 heteroatoms. The number of benzene rings is 7. The molecule has 0 radical (unpaired) electrons. The third-order valence-corrected chi connectivity index (χ3v) is 13.0. The molecule has 9 rings (SSSR count). The first-order valence-corrected chi connectivity index (χ1v) is 21.9. The van der Waals surface area contributed by atoms with Crippen LogP contribution in [0.15, 0.2) is 158 Å². The highest BCUT2D eigenvalue weighted by molar-refractivity contribution is 6.88. The highest BCUT2D eigenvalue weighted by Crippen LogP contribution is 2.50. The van der Waals surface area contributed by atoms with Crippen LogP contribution >= 0.6 is 0 Å². The normalized spacial score (nSPS) is 13.2. The molecule has 0 atom stereocenters. The Balaban J connectivity index is 1.18. The summed E-state index contributed by atoms with van der Waals surface area (Å²) in [4.78, 5) is 15.5. The lowest BCUT2D eigenvalue weighted by atomic mass is 9.81. The van der Waals surface area contributed by atoms with Crippen molar-refractivity contribution < 1.29 is 0 Å². The summed E-state index contributed by atoms with van der Waals surface area (Å²) in [5.74, 6) is 2.00. The molecule has 0 unspecified atom stereocenters. The lowest BCUT2D eigenvalue weighted by molar-refractivity contribution is 0.660. The van der Waals surface area contributed by atoms with Crippen LogP contribution in [-0.4, -0.2) is 23.0 Å². The van der Waals surface area contributed by atoms with Gasteiger partial charge in [-0.3, -0.25) is 0 Å². The lowest BCUT2D eigenvalue weighted by Gasteiger charge is -2.22. The molecular formula is C49H41N3Si. The predicted octanol–water partition coefficient (Wildman–Crippen LogP) is 12.2. The van der Waals surface area contributed by atoms with E-state index in [1.807, 2.05) is 6.07 Å². The Hall–Kier alpha value is -5.97. The van der Waals surface area contributed by atoms with Crippen LogP contribution in [0.4, 0.5) is 0 Å². The Morgan fingerprint density at radius 1 is 0.377 bits per heavy atom. The molecule has 0 saturated carbocycles. The summed E-state index contributed by atoms with van der Waals surface area (Å²) in [6, 6.07) is 56.7. The Morgan fingerprint density at radius 2 is 0.849 bits per heavy atom. The molecule has 0 aliphatic heterocycles. The topological polar surface area (TPSA) is 38.7 Å². The van der Waals surface area contributed by atoms with E-state index in [1.54, 1.807) is 0 Å². The van der Waals surface area contributed by atoms with Crippen molar-refractivity contribution >= 4 is 24.0 Å². The van der Waals surface area contributed by atoms with Crippen LogP contribution in [0.5, 0.6) is 0 Å². The average Bonchev–Trinajstić information content (AvgIpc) is 3.42. The van der Waals surface area contributed by atoms with E-state index >= 15 is 0 Å². The quantitative estimate of drug-likeness (QED) is 0.162. The van der Waals surface area contributed by atoms with Gasteiger partial charge in [-0.05, 0) is 67.4 Å². The zero-order valence-corrected chi connectivity index (χ0v) is 31.9. The van der Waals surface area contributed by atoms with Gasteiger partial charge in [-0.25, -0.2) is 15.0 Å². The average molecular weight is 700 g/mol. The maximum absolute atomic E-state index is 5.19. The Morgan fingerprint density at radius 3 is 1.53 bits per heavy atom. The number of aromatic nitrogens is 3. The van der Waals surface area contributed by atoms with Crippen LogP contribution < -0.4 is 5.19 Å². The molecule has 1 aliphatic carbocycles. The Bertz CT molecular complexity index is 2650. The third-order valence-electron chi connectivity index (χ3n) is 11.0. The first-order valence-electron chi connectivity index (χ1n) is 18.4. The van der Waals surface area contributed by atoms with E-state index in [1.165, 1.54) is 49.5 Å². The molecule has 256 valence electrons. The summed E-state index contributed by atoms with van der Waals surface area (Å²) in [5, 5.41) is 3.70. The van der Waals surface area contributed by atoms with Gasteiger partial charge < -0.3 is 0 Å². The fraction of sp³-hybridized carbons (Fsp3) is 0.122. The number of rotatable bonds is 6. The van der Waals surface area contributed by atoms with Crippen LogP contribution in [0.25, 0.3) is 78.3 Å². The van der Waals surface area contributed by atoms with Crippen LogP contribution in [0.2, 0.25) is 19.6 Å². The second kappa shape index (κ2) is 12.6. The molecule has 0 fully saturated rings. The first-order chi connectivity index (χ1) is 25.6. The van der Waals surface area contributed by atoms with Gasteiger partial charge in [-0.15, -0.1) is 0 Å². The standard InChI is InChI=1S/C49H41N3Si/c1-49(2)44-18-12-11-17-41(44)42-28-25-36(31-45(42)49)38-29-30-43(40-16-10-9-15-39(38)40)48-51-46(34-21-19-33(20-22-34)32-13-7-6-8-14-32)50-47(52-48)35-23-26-37(27-24-35)53(3,4)5/h6-31H,1-5H3. The van der Waals surface area contributed by atoms with Crippen LogP contribution in [-0.2, 0) is 5.41 Å². The number of nitrogens with zero attached hydrogens (tertiary/aromatic N) is 3. The van der Waals surface area contributed by atoms with Gasteiger partial charge in [0.1, 0.15) is 0 Å². The van der Waals surface area contributed by atoms with Crippen molar-refractivity contribution in [3.63, 3.8) is 0 Å². The number of hydrogen-bond donors (Lipinski definition) is 0. The number of fused-ring (bicyclic) bond motifs is 4. The van der Waals surface area contributed by atoms with E-state index < -0.39 is 8.07 Å². The minimum absolute atomic E-state index is 0.0675. The van der Waals surface area contributed by atoms with Crippen molar-refractivity contribution in [2.45, 2.75) is 38.9 Å². The maximum Gasteiger partial charge on any atom is 0.164 e. The van der Waals surface area contributed by atoms with E-state index in [0.29, 0.717) is 17.5 Å². The Kier molecular flexibility index (Phi) is 7.83. The summed E-state index contributed by atoms with van der Waals surface area (Å²) in [6.45, 7) is 11.8. The zero-order valence-electron chi connectivity index (χ0n) is 30.9. The molecule has 53 heavy (non-hydrogen) atoms. The fourth-order valence-electron chi connectivity index (χ4n) is 7.93. The molecule has 0 N–H and O–H groups in total. The molecule has 0 saturated heterocycles. The lowest BCUT2D eigenvalue weighted by Crippen LogP contribution is -2.37. The maximum atomic E-state index is 5.19.